The third-order valence-corrected chi connectivity index (χ3v) is 5.03. The first-order valence-corrected chi connectivity index (χ1v) is 8.66. The summed E-state index contributed by atoms with van der Waals surface area (Å²) < 4.78 is 0. The summed E-state index contributed by atoms with van der Waals surface area (Å²) in [5.41, 5.74) is 0.969. The maximum Gasteiger partial charge on any atom is 0.224 e. The van der Waals surface area contributed by atoms with Crippen molar-refractivity contribution in [1.29, 1.82) is 0 Å². The third kappa shape index (κ3) is 4.38. The molecule has 2 unspecified atom stereocenters. The number of carbonyl (C=O) groups is 1. The normalized spacial score (nSPS) is 20.0. The number of hydrogen-bond donors (Lipinski definition) is 2. The molecule has 1 aliphatic heterocycles. The van der Waals surface area contributed by atoms with Crippen LogP contribution in [0.5, 0.6) is 5.75 Å². The first-order chi connectivity index (χ1) is 10.1. The van der Waals surface area contributed by atoms with Gasteiger partial charge in [-0.1, -0.05) is 12.1 Å². The van der Waals surface area contributed by atoms with Gasteiger partial charge in [0.15, 0.2) is 0 Å². The van der Waals surface area contributed by atoms with Crippen LogP contribution in [-0.4, -0.2) is 46.6 Å². The maximum atomic E-state index is 12.6. The van der Waals surface area contributed by atoms with Gasteiger partial charge >= 0.3 is 0 Å². The van der Waals surface area contributed by atoms with Crippen LogP contribution in [0.15, 0.2) is 24.3 Å². The summed E-state index contributed by atoms with van der Waals surface area (Å²) in [5.74, 6) is 2.55. The number of thioether (sulfide) groups is 1. The summed E-state index contributed by atoms with van der Waals surface area (Å²) in [7, 11) is 0. The van der Waals surface area contributed by atoms with Gasteiger partial charge < -0.3 is 15.3 Å². The highest BCUT2D eigenvalue weighted by Crippen LogP contribution is 2.24. The molecule has 116 valence electrons. The lowest BCUT2D eigenvalue weighted by molar-refractivity contribution is -0.133. The van der Waals surface area contributed by atoms with Gasteiger partial charge in [-0.2, -0.15) is 11.8 Å². The van der Waals surface area contributed by atoms with Gasteiger partial charge in [0.05, 0.1) is 6.04 Å². The lowest BCUT2D eigenvalue weighted by atomic mass is 10.1. The van der Waals surface area contributed by atoms with E-state index < -0.39 is 0 Å². The standard InChI is InChI=1S/C16H24N2O2S/c1-3-18(12(2)13-5-4-6-15(19)9-13)16(20)10-14-11-21-8-7-17-14/h4-6,9,12,14,17,19H,3,7-8,10-11H2,1-2H3. The first kappa shape index (κ1) is 16.2. The minimum atomic E-state index is -0.0224. The third-order valence-electron chi connectivity index (χ3n) is 3.90. The molecule has 2 rings (SSSR count). The van der Waals surface area contributed by atoms with Crippen LogP contribution < -0.4 is 5.32 Å². The van der Waals surface area contributed by atoms with Crippen LogP contribution in [0.2, 0.25) is 0 Å². The summed E-state index contributed by atoms with van der Waals surface area (Å²) in [6.45, 7) is 5.67. The van der Waals surface area contributed by atoms with Gasteiger partial charge in [0, 0.05) is 37.1 Å². The molecule has 0 radical (unpaired) electrons. The van der Waals surface area contributed by atoms with Crippen molar-refractivity contribution in [2.75, 3.05) is 24.6 Å². The highest BCUT2D eigenvalue weighted by Gasteiger charge is 2.24. The first-order valence-electron chi connectivity index (χ1n) is 7.51. The zero-order chi connectivity index (χ0) is 15.2. The lowest BCUT2D eigenvalue weighted by Crippen LogP contribution is -2.43. The molecule has 1 aromatic carbocycles. The van der Waals surface area contributed by atoms with E-state index in [1.54, 1.807) is 12.1 Å². The van der Waals surface area contributed by atoms with Crippen LogP contribution in [0, 0.1) is 0 Å². The molecule has 0 spiro atoms. The van der Waals surface area contributed by atoms with E-state index in [9.17, 15) is 9.90 Å². The Morgan fingerprint density at radius 3 is 3.00 bits per heavy atom. The van der Waals surface area contributed by atoms with Crippen molar-refractivity contribution in [3.8, 4) is 5.75 Å². The molecule has 5 heteroatoms. The predicted octanol–water partition coefficient (Wildman–Crippen LogP) is 2.40. The van der Waals surface area contributed by atoms with Crippen molar-refractivity contribution in [1.82, 2.24) is 10.2 Å². The van der Waals surface area contributed by atoms with E-state index in [1.165, 1.54) is 0 Å². The van der Waals surface area contributed by atoms with Gasteiger partial charge in [-0.15, -0.1) is 0 Å². The van der Waals surface area contributed by atoms with Crippen molar-refractivity contribution in [3.05, 3.63) is 29.8 Å². The minimum absolute atomic E-state index is 0.0224. The number of amides is 1. The molecule has 1 amide bonds. The molecule has 1 fully saturated rings. The fourth-order valence-corrected chi connectivity index (χ4v) is 3.66. The molecule has 1 saturated heterocycles. The molecule has 21 heavy (non-hydrogen) atoms. The number of benzene rings is 1. The molecular weight excluding hydrogens is 284 g/mol. The fraction of sp³-hybridized carbons (Fsp3) is 0.562. The average molecular weight is 308 g/mol. The monoisotopic (exact) mass is 308 g/mol. The Hall–Kier alpha value is -1.20. The minimum Gasteiger partial charge on any atom is -0.508 e. The smallest absolute Gasteiger partial charge is 0.224 e. The molecule has 0 bridgehead atoms. The molecule has 0 saturated carbocycles. The molecule has 2 atom stereocenters. The van der Waals surface area contributed by atoms with Crippen LogP contribution in [-0.2, 0) is 4.79 Å². The summed E-state index contributed by atoms with van der Waals surface area (Å²) in [6.07, 6.45) is 0.546. The van der Waals surface area contributed by atoms with Crippen molar-refractivity contribution < 1.29 is 9.90 Å². The van der Waals surface area contributed by atoms with E-state index in [4.69, 9.17) is 0 Å². The Kier molecular flexibility index (Phi) is 5.94. The molecule has 4 nitrogen and oxygen atoms in total. The van der Waals surface area contributed by atoms with Crippen LogP contribution in [0.25, 0.3) is 0 Å². The molecule has 2 N–H and O–H groups in total. The number of phenolic OH excluding ortho intramolecular Hbond substituents is 1. The summed E-state index contributed by atoms with van der Waals surface area (Å²) in [4.78, 5) is 14.4. The van der Waals surface area contributed by atoms with E-state index in [1.807, 2.05) is 42.6 Å². The second kappa shape index (κ2) is 7.71. The summed E-state index contributed by atoms with van der Waals surface area (Å²) in [5, 5.41) is 13.0. The Labute approximate surface area is 130 Å². The molecular formula is C16H24N2O2S. The molecule has 1 aliphatic rings. The summed E-state index contributed by atoms with van der Waals surface area (Å²) >= 11 is 1.90. The van der Waals surface area contributed by atoms with Gasteiger partial charge in [0.25, 0.3) is 0 Å². The number of carbonyl (C=O) groups excluding carboxylic acids is 1. The molecule has 0 aliphatic carbocycles. The Morgan fingerprint density at radius 1 is 1.57 bits per heavy atom. The van der Waals surface area contributed by atoms with Gasteiger partial charge in [0.2, 0.25) is 5.91 Å². The number of nitrogens with one attached hydrogen (secondary N) is 1. The maximum absolute atomic E-state index is 12.6. The van der Waals surface area contributed by atoms with E-state index in [0.717, 1.165) is 23.6 Å². The SMILES string of the molecule is CCN(C(=O)CC1CSCCN1)C(C)c1cccc(O)c1. The van der Waals surface area contributed by atoms with Crippen LogP contribution >= 0.6 is 11.8 Å². The second-order valence-electron chi connectivity index (χ2n) is 5.38. The van der Waals surface area contributed by atoms with Gasteiger partial charge in [0.1, 0.15) is 5.75 Å². The van der Waals surface area contributed by atoms with Gasteiger partial charge in [-0.25, -0.2) is 0 Å². The highest BCUT2D eigenvalue weighted by molar-refractivity contribution is 7.99. The number of rotatable bonds is 5. The van der Waals surface area contributed by atoms with E-state index in [0.29, 0.717) is 13.0 Å². The van der Waals surface area contributed by atoms with Crippen molar-refractivity contribution >= 4 is 17.7 Å². The highest BCUT2D eigenvalue weighted by atomic mass is 32.2. The van der Waals surface area contributed by atoms with Crippen LogP contribution in [0.3, 0.4) is 0 Å². The quantitative estimate of drug-likeness (QED) is 0.877. The fourth-order valence-electron chi connectivity index (χ4n) is 2.71. The Morgan fingerprint density at radius 2 is 2.38 bits per heavy atom. The number of nitrogens with zero attached hydrogens (tertiary/aromatic N) is 1. The van der Waals surface area contributed by atoms with Crippen molar-refractivity contribution in [2.45, 2.75) is 32.4 Å². The Balaban J connectivity index is 2.01. The van der Waals surface area contributed by atoms with Crippen LogP contribution in [0.1, 0.15) is 31.9 Å². The topological polar surface area (TPSA) is 52.6 Å². The van der Waals surface area contributed by atoms with E-state index in [2.05, 4.69) is 5.32 Å². The zero-order valence-electron chi connectivity index (χ0n) is 12.7. The number of aromatic hydroxyl groups is 1. The molecule has 1 heterocycles. The number of phenols is 1. The zero-order valence-corrected chi connectivity index (χ0v) is 13.5. The van der Waals surface area contributed by atoms with Gasteiger partial charge in [-0.05, 0) is 31.5 Å². The average Bonchev–Trinajstić information content (AvgIpc) is 2.49. The Bertz CT molecular complexity index is 475. The van der Waals surface area contributed by atoms with Gasteiger partial charge in [-0.3, -0.25) is 4.79 Å². The van der Waals surface area contributed by atoms with Crippen molar-refractivity contribution in [2.24, 2.45) is 0 Å². The molecule has 0 aromatic heterocycles. The number of hydrogen-bond acceptors (Lipinski definition) is 4. The predicted molar refractivity (Wildman–Crippen MR) is 87.6 cm³/mol. The second-order valence-corrected chi connectivity index (χ2v) is 6.53. The molecule has 1 aromatic rings. The summed E-state index contributed by atoms with van der Waals surface area (Å²) in [6, 6.07) is 7.41. The van der Waals surface area contributed by atoms with Crippen molar-refractivity contribution in [3.63, 3.8) is 0 Å². The van der Waals surface area contributed by atoms with E-state index >= 15 is 0 Å². The van der Waals surface area contributed by atoms with Crippen LogP contribution in [0.4, 0.5) is 0 Å². The lowest BCUT2D eigenvalue weighted by Gasteiger charge is -2.31. The van der Waals surface area contributed by atoms with E-state index in [-0.39, 0.29) is 23.7 Å². The largest absolute Gasteiger partial charge is 0.508 e.